The van der Waals surface area contributed by atoms with E-state index in [9.17, 15) is 13.2 Å². The second kappa shape index (κ2) is 9.57. The van der Waals surface area contributed by atoms with Gasteiger partial charge in [0.2, 0.25) is 0 Å². The molecule has 3 rings (SSSR count). The van der Waals surface area contributed by atoms with E-state index in [1.54, 1.807) is 30.3 Å². The van der Waals surface area contributed by atoms with Crippen molar-refractivity contribution in [2.24, 2.45) is 0 Å². The van der Waals surface area contributed by atoms with E-state index in [0.29, 0.717) is 22.7 Å². The van der Waals surface area contributed by atoms with Crippen LogP contribution in [0, 0.1) is 0 Å². The molecule has 0 radical (unpaired) electrons. The molecule has 0 aliphatic carbocycles. The lowest BCUT2D eigenvalue weighted by Crippen LogP contribution is -2.43. The minimum atomic E-state index is -3.82. The third-order valence-electron chi connectivity index (χ3n) is 5.56. The van der Waals surface area contributed by atoms with Crippen LogP contribution in [0.25, 0.3) is 0 Å². The van der Waals surface area contributed by atoms with Crippen LogP contribution in [0.3, 0.4) is 0 Å². The maximum absolute atomic E-state index is 13.1. The van der Waals surface area contributed by atoms with Crippen LogP contribution in [0.1, 0.15) is 23.2 Å². The largest absolute Gasteiger partial charge is 0.493 e. The van der Waals surface area contributed by atoms with Crippen molar-refractivity contribution in [1.82, 2.24) is 10.2 Å². The molecule has 2 aromatic rings. The van der Waals surface area contributed by atoms with Crippen molar-refractivity contribution < 1.29 is 22.7 Å². The van der Waals surface area contributed by atoms with Crippen LogP contribution in [0.4, 0.5) is 5.69 Å². The van der Waals surface area contributed by atoms with Gasteiger partial charge in [0, 0.05) is 24.7 Å². The Labute approximate surface area is 183 Å². The number of nitrogens with one attached hydrogen (secondary N) is 1. The number of piperidine rings is 1. The topological polar surface area (TPSA) is 88.2 Å². The summed E-state index contributed by atoms with van der Waals surface area (Å²) in [5.41, 5.74) is 0.949. The molecule has 9 heteroatoms. The molecule has 1 heterocycles. The van der Waals surface area contributed by atoms with E-state index in [-0.39, 0.29) is 16.8 Å². The van der Waals surface area contributed by atoms with E-state index in [2.05, 4.69) is 17.3 Å². The second-order valence-corrected chi connectivity index (χ2v) is 9.56. The number of benzene rings is 2. The highest BCUT2D eigenvalue weighted by molar-refractivity contribution is 7.92. The Kier molecular flexibility index (Phi) is 7.07. The molecule has 0 saturated carbocycles. The molecular weight excluding hydrogens is 418 g/mol. The Balaban J connectivity index is 1.73. The summed E-state index contributed by atoms with van der Waals surface area (Å²) in [6, 6.07) is 11.1. The molecule has 2 aromatic carbocycles. The smallest absolute Gasteiger partial charge is 0.264 e. The van der Waals surface area contributed by atoms with Gasteiger partial charge < -0.3 is 19.7 Å². The highest BCUT2D eigenvalue weighted by Crippen LogP contribution is 2.31. The maximum Gasteiger partial charge on any atom is 0.264 e. The Hall–Kier alpha value is -2.78. The van der Waals surface area contributed by atoms with E-state index < -0.39 is 10.0 Å². The van der Waals surface area contributed by atoms with Gasteiger partial charge in [0.15, 0.2) is 11.5 Å². The molecule has 168 valence electrons. The summed E-state index contributed by atoms with van der Waals surface area (Å²) in [6.45, 7) is 1.92. The normalized spacial score (nSPS) is 15.4. The number of methoxy groups -OCH3 is 2. The molecule has 0 unspecified atom stereocenters. The number of sulfonamides is 1. The number of likely N-dealkylation sites (tertiary alicyclic amines) is 1. The van der Waals surface area contributed by atoms with Gasteiger partial charge in [-0.3, -0.25) is 9.10 Å². The van der Waals surface area contributed by atoms with E-state index in [1.807, 2.05) is 0 Å². The highest BCUT2D eigenvalue weighted by atomic mass is 32.2. The summed E-state index contributed by atoms with van der Waals surface area (Å²) < 4.78 is 37.7. The van der Waals surface area contributed by atoms with Crippen LogP contribution in [0.15, 0.2) is 47.4 Å². The van der Waals surface area contributed by atoms with Crippen molar-refractivity contribution in [1.29, 1.82) is 0 Å². The van der Waals surface area contributed by atoms with Crippen molar-refractivity contribution in [2.45, 2.75) is 23.8 Å². The van der Waals surface area contributed by atoms with Crippen molar-refractivity contribution in [3.8, 4) is 11.5 Å². The van der Waals surface area contributed by atoms with Crippen molar-refractivity contribution >= 4 is 21.6 Å². The summed E-state index contributed by atoms with van der Waals surface area (Å²) in [5, 5.41) is 3.06. The molecule has 1 saturated heterocycles. The fourth-order valence-electron chi connectivity index (χ4n) is 3.52. The number of carbonyl (C=O) groups excluding carboxylic acids is 1. The average molecular weight is 448 g/mol. The predicted molar refractivity (Wildman–Crippen MR) is 120 cm³/mol. The molecule has 0 aromatic heterocycles. The third kappa shape index (κ3) is 5.11. The Morgan fingerprint density at radius 2 is 1.65 bits per heavy atom. The first-order valence-electron chi connectivity index (χ1n) is 10.1. The first kappa shape index (κ1) is 22.9. The van der Waals surface area contributed by atoms with Crippen molar-refractivity contribution in [2.75, 3.05) is 45.7 Å². The number of hydrogen-bond acceptors (Lipinski definition) is 6. The van der Waals surface area contributed by atoms with E-state index in [1.165, 1.54) is 37.7 Å². The number of ether oxygens (including phenoxy) is 2. The van der Waals surface area contributed by atoms with Gasteiger partial charge >= 0.3 is 0 Å². The lowest BCUT2D eigenvalue weighted by atomic mass is 10.0. The molecule has 8 nitrogen and oxygen atoms in total. The fraction of sp³-hybridized carbons (Fsp3) is 0.409. The average Bonchev–Trinajstić information content (AvgIpc) is 2.79. The zero-order valence-corrected chi connectivity index (χ0v) is 19.1. The monoisotopic (exact) mass is 447 g/mol. The summed E-state index contributed by atoms with van der Waals surface area (Å²) in [7, 11) is 2.67. The van der Waals surface area contributed by atoms with Crippen LogP contribution >= 0.6 is 0 Å². The minimum absolute atomic E-state index is 0.0803. The van der Waals surface area contributed by atoms with Crippen LogP contribution in [0.5, 0.6) is 11.5 Å². The first-order valence-corrected chi connectivity index (χ1v) is 11.5. The standard InChI is InChI=1S/C22H29N3O5S/c1-24-13-11-17(12-14-24)23-22(26)16-5-7-18(8-6-16)25(2)31(27,28)19-9-10-20(29-3)21(15-19)30-4/h5-10,15,17H,11-14H2,1-4H3,(H,23,26). The summed E-state index contributed by atoms with van der Waals surface area (Å²) in [5.74, 6) is 0.633. The first-order chi connectivity index (χ1) is 14.8. The second-order valence-electron chi connectivity index (χ2n) is 7.59. The Morgan fingerprint density at radius 3 is 2.23 bits per heavy atom. The Morgan fingerprint density at radius 1 is 1.03 bits per heavy atom. The summed E-state index contributed by atoms with van der Waals surface area (Å²) >= 11 is 0. The molecule has 0 atom stereocenters. The number of anilines is 1. The molecule has 0 spiro atoms. The van der Waals surface area contributed by atoms with Crippen LogP contribution in [-0.4, -0.2) is 66.7 Å². The Bertz CT molecular complexity index is 1020. The number of hydrogen-bond donors (Lipinski definition) is 1. The van der Waals surface area contributed by atoms with Gasteiger partial charge in [0.25, 0.3) is 15.9 Å². The number of carbonyl (C=O) groups is 1. The van der Waals surface area contributed by atoms with Gasteiger partial charge in [0.05, 0.1) is 24.8 Å². The summed E-state index contributed by atoms with van der Waals surface area (Å²) in [6.07, 6.45) is 1.85. The van der Waals surface area contributed by atoms with E-state index in [0.717, 1.165) is 25.9 Å². The van der Waals surface area contributed by atoms with E-state index in [4.69, 9.17) is 9.47 Å². The minimum Gasteiger partial charge on any atom is -0.493 e. The number of nitrogens with zero attached hydrogens (tertiary/aromatic N) is 2. The molecule has 31 heavy (non-hydrogen) atoms. The van der Waals surface area contributed by atoms with Gasteiger partial charge in [-0.1, -0.05) is 0 Å². The SMILES string of the molecule is COc1ccc(S(=O)(=O)N(C)c2ccc(C(=O)NC3CCN(C)CC3)cc2)cc1OC. The fourth-order valence-corrected chi connectivity index (χ4v) is 4.73. The lowest BCUT2D eigenvalue weighted by molar-refractivity contribution is 0.0917. The molecule has 0 bridgehead atoms. The summed E-state index contributed by atoms with van der Waals surface area (Å²) in [4.78, 5) is 14.9. The molecule has 1 aliphatic rings. The van der Waals surface area contributed by atoms with Crippen LogP contribution in [-0.2, 0) is 10.0 Å². The highest BCUT2D eigenvalue weighted by Gasteiger charge is 2.24. The molecule has 1 N–H and O–H groups in total. The predicted octanol–water partition coefficient (Wildman–Crippen LogP) is 2.35. The molecule has 1 amide bonds. The number of amides is 1. The number of rotatable bonds is 7. The zero-order chi connectivity index (χ0) is 22.6. The molecule has 1 fully saturated rings. The molecular formula is C22H29N3O5S. The van der Waals surface area contributed by atoms with Crippen LogP contribution in [0.2, 0.25) is 0 Å². The van der Waals surface area contributed by atoms with Gasteiger partial charge in [0.1, 0.15) is 0 Å². The maximum atomic E-state index is 13.1. The van der Waals surface area contributed by atoms with E-state index >= 15 is 0 Å². The lowest BCUT2D eigenvalue weighted by Gasteiger charge is -2.29. The van der Waals surface area contributed by atoms with Crippen LogP contribution < -0.4 is 19.1 Å². The van der Waals surface area contributed by atoms with Gasteiger partial charge in [-0.25, -0.2) is 8.42 Å². The molecule has 1 aliphatic heterocycles. The van der Waals surface area contributed by atoms with Gasteiger partial charge in [-0.2, -0.15) is 0 Å². The zero-order valence-electron chi connectivity index (χ0n) is 18.3. The van der Waals surface area contributed by atoms with Crippen molar-refractivity contribution in [3.05, 3.63) is 48.0 Å². The van der Waals surface area contributed by atoms with Gasteiger partial charge in [-0.05, 0) is 69.4 Å². The van der Waals surface area contributed by atoms with Gasteiger partial charge in [-0.15, -0.1) is 0 Å². The third-order valence-corrected chi connectivity index (χ3v) is 7.34. The van der Waals surface area contributed by atoms with Crippen molar-refractivity contribution in [3.63, 3.8) is 0 Å². The quantitative estimate of drug-likeness (QED) is 0.701.